The normalized spacial score (nSPS) is 21.3. The number of hydrogen-bond donors (Lipinski definition) is 3. The highest BCUT2D eigenvalue weighted by Crippen LogP contribution is 2.36. The Labute approximate surface area is 871 Å². The Morgan fingerprint density at radius 1 is 0.388 bits per heavy atom. The zero-order chi connectivity index (χ0) is 102. The maximum atomic E-state index is 12.5. The molecule has 10 aliphatic rings. The van der Waals surface area contributed by atoms with Gasteiger partial charge >= 0.3 is 24.2 Å². The number of likely N-dealkylation sites (tertiary alicyclic amines) is 1. The van der Waals surface area contributed by atoms with Crippen molar-refractivity contribution in [2.24, 2.45) is 0 Å². The number of rotatable bonds is 15. The zero-order valence-electron chi connectivity index (χ0n) is 85.2. The van der Waals surface area contributed by atoms with E-state index in [-0.39, 0.29) is 82.0 Å². The van der Waals surface area contributed by atoms with Gasteiger partial charge in [0.1, 0.15) is 58.5 Å². The molecule has 39 nitrogen and oxygen atoms in total. The van der Waals surface area contributed by atoms with Crippen LogP contribution in [0.4, 0.5) is 60.8 Å². The van der Waals surface area contributed by atoms with Crippen LogP contribution in [0.5, 0.6) is 0 Å². The molecule has 1 unspecified atom stereocenters. The lowest BCUT2D eigenvalue weighted by Gasteiger charge is -2.42. The second-order valence-electron chi connectivity index (χ2n) is 40.9. The average molecular weight is 2040 g/mol. The number of nitrogens with one attached hydrogen (secondary N) is 2. The summed E-state index contributed by atoms with van der Waals surface area (Å²) in [6.45, 7) is 51.6. The molecule has 10 saturated heterocycles. The van der Waals surface area contributed by atoms with E-state index in [9.17, 15) is 35.0 Å². The van der Waals surface area contributed by atoms with E-state index >= 15 is 0 Å². The number of ether oxygens (including phenoxy) is 6. The van der Waals surface area contributed by atoms with Crippen LogP contribution in [0.1, 0.15) is 135 Å². The van der Waals surface area contributed by atoms with Gasteiger partial charge in [0.15, 0.2) is 0 Å². The number of halogens is 1. The second-order valence-corrected chi connectivity index (χ2v) is 41.2. The Balaban J connectivity index is 0.000000173. The molecule has 10 fully saturated rings. The monoisotopic (exact) mass is 2040 g/mol. The minimum Gasteiger partial charge on any atom is -0.480 e. The molecule has 0 bridgehead atoms. The number of carbonyl (C=O) groups is 4. The predicted molar refractivity (Wildman–Crippen MR) is 576 cm³/mol. The van der Waals surface area contributed by atoms with Crippen LogP contribution in [0.15, 0.2) is 128 Å². The summed E-state index contributed by atoms with van der Waals surface area (Å²) in [5.41, 5.74) is 5.97. The van der Waals surface area contributed by atoms with Gasteiger partial charge in [0, 0.05) is 293 Å². The smallest absolute Gasteiger partial charge is 0.411 e. The highest BCUT2D eigenvalue weighted by molar-refractivity contribution is 6.28. The summed E-state index contributed by atoms with van der Waals surface area (Å²) in [6.07, 6.45) is 11.5. The number of fused-ring (bicyclic) bond motifs is 3. The Hall–Kier alpha value is -12.7. The summed E-state index contributed by atoms with van der Waals surface area (Å²) in [4.78, 5) is 118. The number of carbonyl (C=O) groups excluding carboxylic acids is 3. The number of pyridine rings is 3. The van der Waals surface area contributed by atoms with Crippen molar-refractivity contribution in [3.63, 3.8) is 0 Å². The molecule has 10 aliphatic heterocycles. The van der Waals surface area contributed by atoms with Gasteiger partial charge < -0.3 is 93.2 Å². The van der Waals surface area contributed by atoms with Crippen molar-refractivity contribution in [3.05, 3.63) is 150 Å². The van der Waals surface area contributed by atoms with E-state index < -0.39 is 29.3 Å². The highest BCUT2D eigenvalue weighted by Gasteiger charge is 2.39. The summed E-state index contributed by atoms with van der Waals surface area (Å²) >= 11 is 5.95. The summed E-state index contributed by atoms with van der Waals surface area (Å²) in [5.74, 6) is 3.41. The third kappa shape index (κ3) is 31.0. The lowest BCUT2D eigenvalue weighted by Crippen LogP contribution is -2.54. The van der Waals surface area contributed by atoms with E-state index in [4.69, 9.17) is 55.1 Å². The lowest BCUT2D eigenvalue weighted by atomic mass is 10.1. The van der Waals surface area contributed by atoms with Gasteiger partial charge in [-0.1, -0.05) is 22.3 Å². The van der Waals surface area contributed by atoms with Crippen molar-refractivity contribution < 1.29 is 52.7 Å². The van der Waals surface area contributed by atoms with Crippen LogP contribution >= 0.6 is 11.6 Å². The molecule has 3 aromatic carbocycles. The van der Waals surface area contributed by atoms with Crippen LogP contribution in [-0.4, -0.2) is 386 Å². The Morgan fingerprint density at radius 2 is 0.714 bits per heavy atom. The van der Waals surface area contributed by atoms with E-state index in [0.717, 1.165) is 269 Å². The maximum absolute atomic E-state index is 12.5. The van der Waals surface area contributed by atoms with Gasteiger partial charge in [-0.05, 0) is 199 Å². The van der Waals surface area contributed by atoms with Crippen LogP contribution in [0.3, 0.4) is 0 Å². The highest BCUT2D eigenvalue weighted by atomic mass is 35.5. The fourth-order valence-electron chi connectivity index (χ4n) is 19.8. The summed E-state index contributed by atoms with van der Waals surface area (Å²) in [6, 6.07) is 35.8. The number of nitriles is 3. The molecule has 0 spiro atoms. The molecule has 19 rings (SSSR count). The Bertz CT molecular complexity index is 5950. The van der Waals surface area contributed by atoms with Crippen molar-refractivity contribution in [1.82, 2.24) is 84.9 Å². The largest absolute Gasteiger partial charge is 0.480 e. The lowest BCUT2D eigenvalue weighted by molar-refractivity contribution is -0.142. The Kier molecular flexibility index (Phi) is 40.1. The van der Waals surface area contributed by atoms with E-state index in [1.807, 2.05) is 127 Å². The van der Waals surface area contributed by atoms with E-state index in [2.05, 4.69) is 157 Å². The summed E-state index contributed by atoms with van der Waals surface area (Å²) in [7, 11) is 0. The number of hydrogen-bond acceptors (Lipinski definition) is 35. The molecular formula is C107H151ClN28O11. The molecule has 147 heavy (non-hydrogen) atoms. The van der Waals surface area contributed by atoms with Crippen LogP contribution in [0.25, 0.3) is 32.7 Å². The number of aromatic nitrogens is 9. The average Bonchev–Trinajstić information content (AvgIpc) is 0.912. The zero-order valence-corrected chi connectivity index (χ0v) is 85.9. The van der Waals surface area contributed by atoms with Gasteiger partial charge in [-0.3, -0.25) is 34.6 Å². The first-order valence-electron chi connectivity index (χ1n) is 50.5. The maximum Gasteiger partial charge on any atom is 0.411 e. The van der Waals surface area contributed by atoms with Crippen molar-refractivity contribution in [1.29, 1.82) is 15.8 Å². The molecule has 3 N–H and O–H groups in total. The molecule has 0 aliphatic carbocycles. The van der Waals surface area contributed by atoms with E-state index in [1.165, 1.54) is 4.90 Å². The number of nitrogens with zero attached hydrogens (tertiary/aromatic N) is 26. The second kappa shape index (κ2) is 52.2. The van der Waals surface area contributed by atoms with Crippen molar-refractivity contribution in [3.8, 4) is 18.2 Å². The summed E-state index contributed by atoms with van der Waals surface area (Å²) in [5, 5.41) is 47.3. The Morgan fingerprint density at radius 3 is 1.06 bits per heavy atom. The van der Waals surface area contributed by atoms with Crippen molar-refractivity contribution in [2.45, 2.75) is 178 Å². The fourth-order valence-corrected chi connectivity index (χ4v) is 19.9. The molecule has 6 aromatic heterocycles. The number of piperazine rings is 6. The predicted octanol–water partition coefficient (Wildman–Crippen LogP) is 12.3. The molecule has 0 radical (unpaired) electrons. The topological polar surface area (TPSA) is 401 Å². The van der Waals surface area contributed by atoms with Crippen LogP contribution in [0, 0.1) is 34.0 Å². The third-order valence-corrected chi connectivity index (χ3v) is 26.7. The first kappa shape index (κ1) is 113. The molecule has 7 atom stereocenters. The number of carboxylic acid groups (broad SMARTS) is 1. The molecule has 3 amide bonds. The molecule has 16 heterocycles. The van der Waals surface area contributed by atoms with Crippen LogP contribution in [-0.2, 0) is 33.2 Å². The van der Waals surface area contributed by atoms with Gasteiger partial charge in [0.05, 0.1) is 69.9 Å². The molecule has 792 valence electrons. The summed E-state index contributed by atoms with van der Waals surface area (Å²) < 4.78 is 35.0. The van der Waals surface area contributed by atoms with Crippen molar-refractivity contribution >= 4 is 115 Å². The molecule has 9 aromatic rings. The van der Waals surface area contributed by atoms with Crippen LogP contribution in [0.2, 0.25) is 5.28 Å². The minimum atomic E-state index is -0.960. The van der Waals surface area contributed by atoms with Gasteiger partial charge in [-0.2, -0.15) is 25.8 Å². The number of morpholine rings is 3. The third-order valence-electron chi connectivity index (χ3n) is 26.5. The van der Waals surface area contributed by atoms with Crippen molar-refractivity contribution in [2.75, 3.05) is 262 Å². The first-order valence-corrected chi connectivity index (χ1v) is 50.8. The van der Waals surface area contributed by atoms with Gasteiger partial charge in [0.25, 0.3) is 0 Å². The van der Waals surface area contributed by atoms with Gasteiger partial charge in [-0.15, -0.1) is 0 Å². The number of carboxylic acids is 1. The number of anilines is 8. The van der Waals surface area contributed by atoms with Crippen LogP contribution < -0.4 is 49.8 Å². The standard InChI is InChI=1S/C33H43N9O3.C28H35N9O.C24H26ClN7O.C10H17NO4.C9H18N2O2.3CH4/c1-24-21-42(28-8-7-25(20-34)30-27(28)6-5-10-35-30)23-26(44-24)22-38-12-14-39(15-13-38)29-9-11-36-31(37-29)40-16-18-41(19-17-40)32(43)45-33(2,3)4;1-21-18-37(25-5-4-22(17-29)27-24(25)3-2-7-31-27)20-23(38-21)19-34-13-15-35(16-14-34)26-6-8-32-28(33-26)36-11-9-30-10-12-36;1-17-14-32(21-5-4-18(13-26)23-20(21)3-2-7-27-23)16-19(33-17)15-30-9-11-31(12-10-30)22-6-8-28-24(25)29-22;1-10(2,3)15-9(14)11-6-4-5-7(11)8(12)13;1-9(2,3)13-8(12)11-6-4-10-5-7-11;;;/h5-11,24,26H,12-19,21-23H2,1-4H3;2-8,21,23,30H,9-16,18-20H2,1H3;2-8,17,19H,9-12,14-16H2,1H3;7H,4-6H2,1-3H3,(H,12,13);10H,4-7H2,1-3H3;3*1H4/t24-,26+;21-,23+;17-,19+;;;;;/m111...../s1. The molecular weight excluding hydrogens is 1890 g/mol. The van der Waals surface area contributed by atoms with E-state index in [1.54, 1.807) is 55.4 Å². The quantitative estimate of drug-likeness (QED) is 0.0634. The fraction of sp³-hybridized carbons (Fsp3) is 0.570. The molecule has 40 heteroatoms. The van der Waals surface area contributed by atoms with Gasteiger partial charge in [0.2, 0.25) is 17.2 Å². The van der Waals surface area contributed by atoms with E-state index in [0.29, 0.717) is 61.8 Å². The number of amides is 3. The minimum absolute atomic E-state index is 0. The number of benzene rings is 3. The SMILES string of the molecule is C.C.C.CC(C)(C)OC(=O)N1CCCC1C(=O)O.CC(C)(C)OC(=O)N1CCNCC1.C[C@@H]1CN(c2ccc(C#N)c3ncccc23)C[C@H](CN2CCN(c3ccnc(Cl)n3)CC2)O1.C[C@@H]1CN(c2ccc(C#N)c3ncccc23)C[C@H](CN2CCN(c3ccnc(N4CCN(C(=O)OC(C)(C)C)CC4)n3)CC2)O1.C[C@@H]1CN(c2ccc(C#N)c3ncccc23)C[C@H](CN2CCN(c3ccnc(N4CCNCC4)n3)CC2)O1. The molecule has 0 saturated carbocycles. The number of aliphatic carboxylic acids is 1. The first-order chi connectivity index (χ1) is 69.2. The van der Waals surface area contributed by atoms with Gasteiger partial charge in [-0.25, -0.2) is 39.1 Å².